The number of aryl methyl sites for hydroxylation is 1. The van der Waals surface area contributed by atoms with Gasteiger partial charge in [-0.3, -0.25) is 0 Å². The van der Waals surface area contributed by atoms with Crippen LogP contribution >= 0.6 is 0 Å². The van der Waals surface area contributed by atoms with Gasteiger partial charge >= 0.3 is 6.09 Å². The Morgan fingerprint density at radius 3 is 3.00 bits per heavy atom. The van der Waals surface area contributed by atoms with Crippen LogP contribution in [0.1, 0.15) is 17.0 Å². The minimum atomic E-state index is -0.988. The zero-order valence-corrected chi connectivity index (χ0v) is 9.14. The lowest BCUT2D eigenvalue weighted by Crippen LogP contribution is -2.29. The van der Waals surface area contributed by atoms with Gasteiger partial charge in [-0.2, -0.15) is 0 Å². The third-order valence-corrected chi connectivity index (χ3v) is 2.75. The predicted molar refractivity (Wildman–Crippen MR) is 59.7 cm³/mol. The lowest BCUT2D eigenvalue weighted by atomic mass is 9.94. The van der Waals surface area contributed by atoms with Gasteiger partial charge < -0.3 is 15.2 Å². The molecule has 4 heteroatoms. The Labute approximate surface area is 94.2 Å². The molecule has 0 bridgehead atoms. The third kappa shape index (κ3) is 2.73. The molecule has 2 N–H and O–H groups in total. The second-order valence-corrected chi connectivity index (χ2v) is 4.08. The minimum absolute atomic E-state index is 0.121. The van der Waals surface area contributed by atoms with Gasteiger partial charge in [-0.25, -0.2) is 4.79 Å². The summed E-state index contributed by atoms with van der Waals surface area (Å²) >= 11 is 0. The smallest absolute Gasteiger partial charge is 0.404 e. The summed E-state index contributed by atoms with van der Waals surface area (Å²) in [6.07, 6.45) is -0.827. The highest BCUT2D eigenvalue weighted by molar-refractivity contribution is 5.64. The van der Waals surface area contributed by atoms with Crippen molar-refractivity contribution in [1.82, 2.24) is 5.32 Å². The van der Waals surface area contributed by atoms with Crippen molar-refractivity contribution in [2.45, 2.75) is 18.9 Å². The van der Waals surface area contributed by atoms with Crippen LogP contribution in [0.25, 0.3) is 0 Å². The fraction of sp³-hybridized carbons (Fsp3) is 0.417. The standard InChI is InChI=1S/C12H15NO3/c1-8-3-2-4-9(5-8)10(11-7-16-11)6-13-12(14)15/h2-5,10-11,13H,6-7H2,1H3,(H,14,15)/t10-,11+/m0/s1. The summed E-state index contributed by atoms with van der Waals surface area (Å²) in [5, 5.41) is 11.0. The van der Waals surface area contributed by atoms with Crippen LogP contribution in [0.2, 0.25) is 0 Å². The maximum absolute atomic E-state index is 10.5. The zero-order chi connectivity index (χ0) is 11.5. The van der Waals surface area contributed by atoms with Crippen LogP contribution in [0, 0.1) is 6.92 Å². The quantitative estimate of drug-likeness (QED) is 0.761. The number of hydrogen-bond acceptors (Lipinski definition) is 2. The number of nitrogens with one attached hydrogen (secondary N) is 1. The number of benzene rings is 1. The van der Waals surface area contributed by atoms with Gasteiger partial charge in [-0.15, -0.1) is 0 Å². The Hall–Kier alpha value is -1.55. The van der Waals surface area contributed by atoms with Crippen molar-refractivity contribution in [3.63, 3.8) is 0 Å². The summed E-state index contributed by atoms with van der Waals surface area (Å²) in [7, 11) is 0. The molecule has 1 amide bonds. The van der Waals surface area contributed by atoms with Crippen LogP contribution in [0.4, 0.5) is 4.79 Å². The van der Waals surface area contributed by atoms with E-state index in [1.165, 1.54) is 5.56 Å². The van der Waals surface area contributed by atoms with E-state index in [0.717, 1.165) is 12.2 Å². The number of carbonyl (C=O) groups is 1. The van der Waals surface area contributed by atoms with E-state index in [0.29, 0.717) is 6.54 Å². The SMILES string of the molecule is Cc1cccc([C@H](CNC(=O)O)[C@H]2CO2)c1. The van der Waals surface area contributed by atoms with Gasteiger partial charge in [0.15, 0.2) is 0 Å². The van der Waals surface area contributed by atoms with Gasteiger partial charge in [-0.05, 0) is 12.5 Å². The van der Waals surface area contributed by atoms with Gasteiger partial charge in [0.2, 0.25) is 0 Å². The molecule has 1 aliphatic heterocycles. The van der Waals surface area contributed by atoms with Crippen molar-refractivity contribution in [2.75, 3.05) is 13.2 Å². The number of hydrogen-bond donors (Lipinski definition) is 2. The fourth-order valence-corrected chi connectivity index (χ4v) is 1.85. The summed E-state index contributed by atoms with van der Waals surface area (Å²) < 4.78 is 5.26. The van der Waals surface area contributed by atoms with Crippen LogP contribution in [0.5, 0.6) is 0 Å². The van der Waals surface area contributed by atoms with Gasteiger partial charge in [0.05, 0.1) is 12.7 Å². The first kappa shape index (κ1) is 11.0. The maximum Gasteiger partial charge on any atom is 0.404 e. The first-order valence-corrected chi connectivity index (χ1v) is 5.32. The van der Waals surface area contributed by atoms with Crippen molar-refractivity contribution < 1.29 is 14.6 Å². The molecule has 0 saturated carbocycles. The second kappa shape index (κ2) is 4.53. The zero-order valence-electron chi connectivity index (χ0n) is 9.14. The molecule has 0 unspecified atom stereocenters. The molecule has 1 aliphatic rings. The van der Waals surface area contributed by atoms with Crippen LogP contribution in [0.3, 0.4) is 0 Å². The van der Waals surface area contributed by atoms with Crippen LogP contribution < -0.4 is 5.32 Å². The molecule has 0 spiro atoms. The highest BCUT2D eigenvalue weighted by atomic mass is 16.6. The molecule has 0 radical (unpaired) electrons. The number of ether oxygens (including phenoxy) is 1. The third-order valence-electron chi connectivity index (χ3n) is 2.75. The number of amides is 1. The molecule has 16 heavy (non-hydrogen) atoms. The van der Waals surface area contributed by atoms with E-state index < -0.39 is 6.09 Å². The molecule has 2 atom stereocenters. The van der Waals surface area contributed by atoms with Crippen molar-refractivity contribution in [3.8, 4) is 0 Å². The first-order valence-electron chi connectivity index (χ1n) is 5.32. The number of carboxylic acid groups (broad SMARTS) is 1. The molecule has 86 valence electrons. The Morgan fingerprint density at radius 1 is 1.69 bits per heavy atom. The highest BCUT2D eigenvalue weighted by Crippen LogP contribution is 2.29. The molecule has 1 aromatic carbocycles. The number of epoxide rings is 1. The van der Waals surface area contributed by atoms with Crippen LogP contribution in [-0.4, -0.2) is 30.5 Å². The Balaban J connectivity index is 2.09. The average Bonchev–Trinajstić information content (AvgIpc) is 3.02. The summed E-state index contributed by atoms with van der Waals surface area (Å²) in [4.78, 5) is 10.5. The van der Waals surface area contributed by atoms with E-state index >= 15 is 0 Å². The van der Waals surface area contributed by atoms with Crippen molar-refractivity contribution in [3.05, 3.63) is 35.4 Å². The average molecular weight is 221 g/mol. The lowest BCUT2D eigenvalue weighted by Gasteiger charge is -2.15. The summed E-state index contributed by atoms with van der Waals surface area (Å²) in [5.41, 5.74) is 2.31. The van der Waals surface area contributed by atoms with E-state index in [1.54, 1.807) is 0 Å². The van der Waals surface area contributed by atoms with E-state index in [4.69, 9.17) is 9.84 Å². The molecular weight excluding hydrogens is 206 g/mol. The molecule has 1 saturated heterocycles. The monoisotopic (exact) mass is 221 g/mol. The summed E-state index contributed by atoms with van der Waals surface area (Å²) in [6.45, 7) is 3.16. The van der Waals surface area contributed by atoms with E-state index in [9.17, 15) is 4.79 Å². The van der Waals surface area contributed by atoms with E-state index in [-0.39, 0.29) is 12.0 Å². The predicted octanol–water partition coefficient (Wildman–Crippen LogP) is 1.75. The summed E-state index contributed by atoms with van der Waals surface area (Å²) in [6, 6.07) is 8.11. The largest absolute Gasteiger partial charge is 0.465 e. The van der Waals surface area contributed by atoms with Crippen LogP contribution in [0.15, 0.2) is 24.3 Å². The fourth-order valence-electron chi connectivity index (χ4n) is 1.85. The van der Waals surface area contributed by atoms with E-state index in [2.05, 4.69) is 11.4 Å². The molecule has 2 rings (SSSR count). The van der Waals surface area contributed by atoms with Gasteiger partial charge in [0.25, 0.3) is 0 Å². The lowest BCUT2D eigenvalue weighted by molar-refractivity contribution is 0.193. The highest BCUT2D eigenvalue weighted by Gasteiger charge is 2.33. The van der Waals surface area contributed by atoms with Crippen molar-refractivity contribution >= 4 is 6.09 Å². The Bertz CT molecular complexity index is 388. The topological polar surface area (TPSA) is 61.9 Å². The van der Waals surface area contributed by atoms with Gasteiger partial charge in [0, 0.05) is 12.5 Å². The molecule has 4 nitrogen and oxygen atoms in total. The Morgan fingerprint density at radius 2 is 2.44 bits per heavy atom. The number of rotatable bonds is 4. The van der Waals surface area contributed by atoms with Gasteiger partial charge in [-0.1, -0.05) is 29.8 Å². The molecule has 0 aromatic heterocycles. The first-order chi connectivity index (χ1) is 7.66. The molecule has 1 aromatic rings. The van der Waals surface area contributed by atoms with Crippen molar-refractivity contribution in [2.24, 2.45) is 0 Å². The Kier molecular flexibility index (Phi) is 3.10. The second-order valence-electron chi connectivity index (χ2n) is 4.08. The molecule has 1 heterocycles. The molecule has 1 fully saturated rings. The molecule has 0 aliphatic carbocycles. The van der Waals surface area contributed by atoms with Crippen molar-refractivity contribution in [1.29, 1.82) is 0 Å². The minimum Gasteiger partial charge on any atom is -0.465 e. The summed E-state index contributed by atoms with van der Waals surface area (Å²) in [5.74, 6) is 0.121. The maximum atomic E-state index is 10.5. The van der Waals surface area contributed by atoms with Crippen LogP contribution in [-0.2, 0) is 4.74 Å². The van der Waals surface area contributed by atoms with E-state index in [1.807, 2.05) is 25.1 Å². The normalized spacial score (nSPS) is 20.2. The molecular formula is C12H15NO3. The van der Waals surface area contributed by atoms with Gasteiger partial charge in [0.1, 0.15) is 0 Å².